The summed E-state index contributed by atoms with van der Waals surface area (Å²) in [6.45, 7) is 3.50. The molecule has 0 saturated heterocycles. The van der Waals surface area contributed by atoms with Crippen LogP contribution in [0.25, 0.3) is 0 Å². The van der Waals surface area contributed by atoms with Crippen molar-refractivity contribution in [3.05, 3.63) is 57.0 Å². The van der Waals surface area contributed by atoms with Crippen LogP contribution in [0.4, 0.5) is 0 Å². The first-order valence-corrected chi connectivity index (χ1v) is 7.71. The number of carboxylic acids is 1. The van der Waals surface area contributed by atoms with Crippen LogP contribution in [0.15, 0.2) is 28.7 Å². The van der Waals surface area contributed by atoms with Crippen LogP contribution in [0.1, 0.15) is 52.1 Å². The number of aryl methyl sites for hydroxylation is 1. The van der Waals surface area contributed by atoms with Gasteiger partial charge in [0.25, 0.3) is 5.91 Å². The maximum absolute atomic E-state index is 12.3. The number of furan rings is 1. The van der Waals surface area contributed by atoms with Crippen LogP contribution in [-0.4, -0.2) is 17.0 Å². The zero-order chi connectivity index (χ0) is 17.1. The molecule has 0 aliphatic rings. The van der Waals surface area contributed by atoms with Crippen molar-refractivity contribution in [2.75, 3.05) is 0 Å². The normalized spacial score (nSPS) is 12.0. The molecule has 1 aromatic carbocycles. The number of hydrogen-bond acceptors (Lipinski definition) is 3. The summed E-state index contributed by atoms with van der Waals surface area (Å²) in [6.07, 6.45) is 0.380. The molecule has 1 amide bonds. The average molecular weight is 356 g/mol. The van der Waals surface area contributed by atoms with Crippen LogP contribution in [0.3, 0.4) is 0 Å². The molecule has 0 bridgehead atoms. The van der Waals surface area contributed by atoms with Gasteiger partial charge in [0.15, 0.2) is 5.76 Å². The molecule has 2 N–H and O–H groups in total. The number of hydrogen-bond donors (Lipinski definition) is 2. The second-order valence-electron chi connectivity index (χ2n) is 4.94. The quantitative estimate of drug-likeness (QED) is 0.835. The van der Waals surface area contributed by atoms with Gasteiger partial charge in [-0.3, -0.25) is 4.79 Å². The number of amides is 1. The third-order valence-corrected chi connectivity index (χ3v) is 4.21. The molecule has 0 saturated carbocycles. The van der Waals surface area contributed by atoms with Gasteiger partial charge >= 0.3 is 5.97 Å². The monoisotopic (exact) mass is 355 g/mol. The first-order chi connectivity index (χ1) is 10.8. The summed E-state index contributed by atoms with van der Waals surface area (Å²) in [6, 6.07) is 5.94. The number of halogens is 2. The molecule has 0 spiro atoms. The van der Waals surface area contributed by atoms with E-state index in [0.29, 0.717) is 22.0 Å². The molecule has 5 nitrogen and oxygen atoms in total. The number of nitrogens with one attached hydrogen (secondary N) is 1. The van der Waals surface area contributed by atoms with Crippen LogP contribution < -0.4 is 5.32 Å². The SMILES string of the molecule is CCc1oc(C(=O)NC(C)c2cccc(Cl)c2Cl)cc1C(=O)O. The van der Waals surface area contributed by atoms with Gasteiger partial charge in [0.1, 0.15) is 11.3 Å². The second kappa shape index (κ2) is 7.06. The van der Waals surface area contributed by atoms with E-state index in [0.717, 1.165) is 0 Å². The molecule has 2 rings (SSSR count). The summed E-state index contributed by atoms with van der Waals surface area (Å²) < 4.78 is 5.33. The summed E-state index contributed by atoms with van der Waals surface area (Å²) in [5, 5.41) is 12.6. The molecule has 0 radical (unpaired) electrons. The molecule has 1 heterocycles. The van der Waals surface area contributed by atoms with Gasteiger partial charge < -0.3 is 14.8 Å². The van der Waals surface area contributed by atoms with E-state index in [9.17, 15) is 9.59 Å². The lowest BCUT2D eigenvalue weighted by molar-refractivity contribution is 0.0694. The fourth-order valence-electron chi connectivity index (χ4n) is 2.18. The molecule has 0 fully saturated rings. The molecule has 7 heteroatoms. The van der Waals surface area contributed by atoms with Crippen LogP contribution in [-0.2, 0) is 6.42 Å². The van der Waals surface area contributed by atoms with Crippen molar-refractivity contribution in [1.82, 2.24) is 5.32 Å². The molecule has 23 heavy (non-hydrogen) atoms. The number of carbonyl (C=O) groups excluding carboxylic acids is 1. The van der Waals surface area contributed by atoms with Crippen molar-refractivity contribution in [3.8, 4) is 0 Å². The Bertz CT molecular complexity index is 755. The molecule has 1 atom stereocenters. The number of aromatic carboxylic acids is 1. The number of benzene rings is 1. The van der Waals surface area contributed by atoms with Crippen molar-refractivity contribution in [3.63, 3.8) is 0 Å². The van der Waals surface area contributed by atoms with E-state index in [2.05, 4.69) is 5.32 Å². The zero-order valence-corrected chi connectivity index (χ0v) is 14.0. The van der Waals surface area contributed by atoms with Gasteiger partial charge in [0, 0.05) is 12.5 Å². The Labute approximate surface area is 143 Å². The first kappa shape index (κ1) is 17.4. The standard InChI is InChI=1S/C16H15Cl2NO4/c1-3-12-10(16(21)22)7-13(23-12)15(20)19-8(2)9-5-4-6-11(17)14(9)18/h4-8H,3H2,1-2H3,(H,19,20)(H,21,22). The Kier molecular flexibility index (Phi) is 5.34. The molecular formula is C16H15Cl2NO4. The molecule has 0 aliphatic heterocycles. The fourth-order valence-corrected chi connectivity index (χ4v) is 2.66. The predicted molar refractivity (Wildman–Crippen MR) is 87.4 cm³/mol. The highest BCUT2D eigenvalue weighted by atomic mass is 35.5. The lowest BCUT2D eigenvalue weighted by Gasteiger charge is -2.15. The third kappa shape index (κ3) is 3.68. The zero-order valence-electron chi connectivity index (χ0n) is 12.5. The second-order valence-corrected chi connectivity index (χ2v) is 5.73. The van der Waals surface area contributed by atoms with E-state index in [1.807, 2.05) is 0 Å². The van der Waals surface area contributed by atoms with E-state index in [-0.39, 0.29) is 17.1 Å². The Morgan fingerprint density at radius 3 is 2.61 bits per heavy atom. The van der Waals surface area contributed by atoms with Crippen LogP contribution >= 0.6 is 23.2 Å². The molecule has 1 unspecified atom stereocenters. The van der Waals surface area contributed by atoms with E-state index in [1.54, 1.807) is 32.0 Å². The van der Waals surface area contributed by atoms with Crippen molar-refractivity contribution < 1.29 is 19.1 Å². The van der Waals surface area contributed by atoms with Gasteiger partial charge in [0.05, 0.1) is 16.1 Å². The Morgan fingerprint density at radius 1 is 1.35 bits per heavy atom. The van der Waals surface area contributed by atoms with Crippen molar-refractivity contribution in [2.45, 2.75) is 26.3 Å². The average Bonchev–Trinajstić information content (AvgIpc) is 2.94. The van der Waals surface area contributed by atoms with Crippen LogP contribution in [0.5, 0.6) is 0 Å². The lowest BCUT2D eigenvalue weighted by atomic mass is 10.1. The minimum Gasteiger partial charge on any atom is -0.478 e. The summed E-state index contributed by atoms with van der Waals surface area (Å²) in [5.41, 5.74) is 0.652. The van der Waals surface area contributed by atoms with Gasteiger partial charge in [0.2, 0.25) is 0 Å². The van der Waals surface area contributed by atoms with Gasteiger partial charge in [-0.05, 0) is 18.6 Å². The number of carboxylic acid groups (broad SMARTS) is 1. The van der Waals surface area contributed by atoms with Crippen LogP contribution in [0, 0.1) is 0 Å². The summed E-state index contributed by atoms with van der Waals surface area (Å²) in [4.78, 5) is 23.4. The van der Waals surface area contributed by atoms with Gasteiger partial charge in [-0.25, -0.2) is 4.79 Å². The summed E-state index contributed by atoms with van der Waals surface area (Å²) in [5.74, 6) is -1.44. The van der Waals surface area contributed by atoms with Gasteiger partial charge in [-0.15, -0.1) is 0 Å². The molecular weight excluding hydrogens is 341 g/mol. The Hall–Kier alpha value is -1.98. The highest BCUT2D eigenvalue weighted by molar-refractivity contribution is 6.42. The van der Waals surface area contributed by atoms with Gasteiger partial charge in [-0.2, -0.15) is 0 Å². The van der Waals surface area contributed by atoms with E-state index < -0.39 is 17.9 Å². The maximum Gasteiger partial charge on any atom is 0.339 e. The highest BCUT2D eigenvalue weighted by Crippen LogP contribution is 2.30. The maximum atomic E-state index is 12.3. The largest absolute Gasteiger partial charge is 0.478 e. The highest BCUT2D eigenvalue weighted by Gasteiger charge is 2.22. The van der Waals surface area contributed by atoms with Crippen molar-refractivity contribution in [1.29, 1.82) is 0 Å². The predicted octanol–water partition coefficient (Wildman–Crippen LogP) is 4.34. The molecule has 0 aliphatic carbocycles. The number of rotatable bonds is 5. The summed E-state index contributed by atoms with van der Waals surface area (Å²) in [7, 11) is 0. The molecule has 122 valence electrons. The smallest absolute Gasteiger partial charge is 0.339 e. The Morgan fingerprint density at radius 2 is 2.04 bits per heavy atom. The Balaban J connectivity index is 2.22. The van der Waals surface area contributed by atoms with Crippen LogP contribution in [0.2, 0.25) is 10.0 Å². The van der Waals surface area contributed by atoms with Crippen molar-refractivity contribution in [2.24, 2.45) is 0 Å². The molecule has 2 aromatic rings. The summed E-state index contributed by atoms with van der Waals surface area (Å²) >= 11 is 12.1. The van der Waals surface area contributed by atoms with E-state index in [4.69, 9.17) is 32.7 Å². The van der Waals surface area contributed by atoms with Crippen molar-refractivity contribution >= 4 is 35.1 Å². The minimum atomic E-state index is -1.13. The van der Waals surface area contributed by atoms with E-state index in [1.165, 1.54) is 6.07 Å². The fraction of sp³-hybridized carbons (Fsp3) is 0.250. The third-order valence-electron chi connectivity index (χ3n) is 3.38. The first-order valence-electron chi connectivity index (χ1n) is 6.95. The topological polar surface area (TPSA) is 79.5 Å². The lowest BCUT2D eigenvalue weighted by Crippen LogP contribution is -2.26. The van der Waals surface area contributed by atoms with E-state index >= 15 is 0 Å². The molecule has 1 aromatic heterocycles. The number of carbonyl (C=O) groups is 2. The minimum absolute atomic E-state index is 0.00825. The van der Waals surface area contributed by atoms with Gasteiger partial charge in [-0.1, -0.05) is 42.3 Å².